The van der Waals surface area contributed by atoms with Crippen molar-refractivity contribution >= 4 is 22.9 Å². The number of aliphatic hydroxyl groups excluding tert-OH is 1. The second-order valence-electron chi connectivity index (χ2n) is 12.2. The van der Waals surface area contributed by atoms with Crippen LogP contribution in [0.3, 0.4) is 0 Å². The summed E-state index contributed by atoms with van der Waals surface area (Å²) in [5.41, 5.74) is 3.69. The van der Waals surface area contributed by atoms with Crippen LogP contribution in [0.4, 0.5) is 5.95 Å². The molecular weight excluding hydrogens is 582 g/mol. The van der Waals surface area contributed by atoms with Crippen molar-refractivity contribution in [3.63, 3.8) is 0 Å². The molecule has 0 bridgehead atoms. The summed E-state index contributed by atoms with van der Waals surface area (Å²) in [6.45, 7) is 6.62. The van der Waals surface area contributed by atoms with Crippen molar-refractivity contribution in [2.24, 2.45) is 0 Å². The van der Waals surface area contributed by atoms with E-state index in [0.717, 1.165) is 69.0 Å². The van der Waals surface area contributed by atoms with Crippen LogP contribution >= 0.6 is 0 Å². The molecule has 1 amide bonds. The number of ether oxygens (including phenoxy) is 3. The molecule has 2 aliphatic rings. The Morgan fingerprint density at radius 1 is 0.870 bits per heavy atom. The minimum atomic E-state index is -0.140. The van der Waals surface area contributed by atoms with Crippen molar-refractivity contribution in [2.75, 3.05) is 78.6 Å². The number of nitrogens with zero attached hydrogens (tertiary/aromatic N) is 5. The summed E-state index contributed by atoms with van der Waals surface area (Å²) in [4.78, 5) is 25.8. The van der Waals surface area contributed by atoms with Crippen LogP contribution in [-0.2, 0) is 12.0 Å². The predicted molar refractivity (Wildman–Crippen MR) is 179 cm³/mol. The maximum atomic E-state index is 13.9. The van der Waals surface area contributed by atoms with Gasteiger partial charge in [0.2, 0.25) is 11.7 Å². The Morgan fingerprint density at radius 3 is 2.33 bits per heavy atom. The topological polar surface area (TPSA) is 92.5 Å². The fourth-order valence-corrected chi connectivity index (χ4v) is 7.20. The lowest BCUT2D eigenvalue weighted by Crippen LogP contribution is -2.39. The standard InChI is InChI=1S/C36H45N5O5/c1-44-31-24-27(25-32(45-2)33(31)46-3)34(43)40-19-15-36(26-40,28-10-5-4-6-11-28)14-18-38-16-9-17-39(21-20-38)35-37-29-12-7-8-13-30(29)41(35)22-23-42/h4-8,10-13,24-25,42H,9,14-23,26H2,1-3H3. The number of imidazole rings is 1. The molecule has 1 unspecified atom stereocenters. The number of carbonyl (C=O) groups is 1. The molecule has 2 aliphatic heterocycles. The molecule has 3 heterocycles. The summed E-state index contributed by atoms with van der Waals surface area (Å²) < 4.78 is 18.7. The van der Waals surface area contributed by atoms with Gasteiger partial charge in [-0.2, -0.15) is 0 Å². The lowest BCUT2D eigenvalue weighted by atomic mass is 9.76. The molecule has 6 rings (SSSR count). The first-order chi connectivity index (χ1) is 22.5. The van der Waals surface area contributed by atoms with Crippen molar-refractivity contribution < 1.29 is 24.1 Å². The quantitative estimate of drug-likeness (QED) is 0.261. The summed E-state index contributed by atoms with van der Waals surface area (Å²) in [6, 6.07) is 22.3. The number of hydrogen-bond acceptors (Lipinski definition) is 8. The van der Waals surface area contributed by atoms with Crippen molar-refractivity contribution in [3.8, 4) is 17.2 Å². The van der Waals surface area contributed by atoms with E-state index < -0.39 is 0 Å². The molecule has 0 spiro atoms. The number of benzene rings is 3. The Hall–Kier alpha value is -4.28. The van der Waals surface area contributed by atoms with Crippen molar-refractivity contribution in [1.29, 1.82) is 0 Å². The largest absolute Gasteiger partial charge is 0.493 e. The summed E-state index contributed by atoms with van der Waals surface area (Å²) >= 11 is 0. The number of likely N-dealkylation sites (tertiary alicyclic amines) is 1. The van der Waals surface area contributed by atoms with Gasteiger partial charge in [0.05, 0.1) is 39.0 Å². The first-order valence-electron chi connectivity index (χ1n) is 16.2. The van der Waals surface area contributed by atoms with Crippen LogP contribution in [0.2, 0.25) is 0 Å². The average molecular weight is 628 g/mol. The van der Waals surface area contributed by atoms with Gasteiger partial charge < -0.3 is 38.6 Å². The maximum Gasteiger partial charge on any atom is 0.254 e. The van der Waals surface area contributed by atoms with Gasteiger partial charge in [-0.05, 0) is 62.2 Å². The minimum absolute atomic E-state index is 0.0340. The molecule has 1 atom stereocenters. The minimum Gasteiger partial charge on any atom is -0.493 e. The smallest absolute Gasteiger partial charge is 0.254 e. The number of methoxy groups -OCH3 is 3. The van der Waals surface area contributed by atoms with Gasteiger partial charge >= 0.3 is 0 Å². The van der Waals surface area contributed by atoms with E-state index in [2.05, 4.69) is 50.8 Å². The van der Waals surface area contributed by atoms with Crippen LogP contribution in [0.15, 0.2) is 66.7 Å². The molecule has 244 valence electrons. The van der Waals surface area contributed by atoms with Crippen LogP contribution < -0.4 is 19.1 Å². The van der Waals surface area contributed by atoms with E-state index >= 15 is 0 Å². The van der Waals surface area contributed by atoms with E-state index in [1.54, 1.807) is 33.5 Å². The highest BCUT2D eigenvalue weighted by Crippen LogP contribution is 2.41. The predicted octanol–water partition coefficient (Wildman–Crippen LogP) is 4.44. The average Bonchev–Trinajstić information content (AvgIpc) is 3.62. The molecule has 2 saturated heterocycles. The number of para-hydroxylation sites is 2. The lowest BCUT2D eigenvalue weighted by molar-refractivity contribution is 0.0780. The zero-order valence-corrected chi connectivity index (χ0v) is 27.2. The van der Waals surface area contributed by atoms with Gasteiger partial charge in [-0.15, -0.1) is 0 Å². The van der Waals surface area contributed by atoms with Gasteiger partial charge in [0.15, 0.2) is 11.5 Å². The number of hydrogen-bond donors (Lipinski definition) is 1. The normalized spacial score (nSPS) is 19.0. The van der Waals surface area contributed by atoms with Crippen molar-refractivity contribution in [3.05, 3.63) is 77.9 Å². The second-order valence-corrected chi connectivity index (χ2v) is 12.2. The van der Waals surface area contributed by atoms with Gasteiger partial charge in [-0.25, -0.2) is 4.98 Å². The molecule has 2 fully saturated rings. The molecule has 4 aromatic rings. The van der Waals surface area contributed by atoms with Crippen molar-refractivity contribution in [1.82, 2.24) is 19.4 Å². The third-order valence-corrected chi connectivity index (χ3v) is 9.67. The van der Waals surface area contributed by atoms with E-state index in [9.17, 15) is 9.90 Å². The molecule has 0 radical (unpaired) electrons. The van der Waals surface area contributed by atoms with Crippen LogP contribution in [0.5, 0.6) is 17.2 Å². The molecule has 1 aromatic heterocycles. The fourth-order valence-electron chi connectivity index (χ4n) is 7.20. The van der Waals surface area contributed by atoms with Crippen LogP contribution in [0.25, 0.3) is 11.0 Å². The zero-order chi connectivity index (χ0) is 32.1. The number of aliphatic hydroxyl groups is 1. The van der Waals surface area contributed by atoms with E-state index in [4.69, 9.17) is 19.2 Å². The molecule has 0 aliphatic carbocycles. The molecule has 0 saturated carbocycles. The molecule has 3 aromatic carbocycles. The third-order valence-electron chi connectivity index (χ3n) is 9.67. The summed E-state index contributed by atoms with van der Waals surface area (Å²) in [6.07, 6.45) is 2.89. The first kappa shape index (κ1) is 31.7. The summed E-state index contributed by atoms with van der Waals surface area (Å²) in [5, 5.41) is 9.78. The van der Waals surface area contributed by atoms with E-state index in [1.165, 1.54) is 5.56 Å². The lowest BCUT2D eigenvalue weighted by Gasteiger charge is -2.33. The summed E-state index contributed by atoms with van der Waals surface area (Å²) in [5.74, 6) is 2.33. The van der Waals surface area contributed by atoms with E-state index in [1.807, 2.05) is 23.1 Å². The zero-order valence-electron chi connectivity index (χ0n) is 27.2. The van der Waals surface area contributed by atoms with Gasteiger partial charge in [0.25, 0.3) is 5.91 Å². The molecule has 1 N–H and O–H groups in total. The number of amides is 1. The van der Waals surface area contributed by atoms with E-state index in [-0.39, 0.29) is 17.9 Å². The number of carbonyl (C=O) groups excluding carboxylic acids is 1. The van der Waals surface area contributed by atoms with Crippen LogP contribution in [0.1, 0.15) is 35.2 Å². The Labute approximate surface area is 271 Å². The fraction of sp³-hybridized carbons (Fsp3) is 0.444. The Bertz CT molecular complexity index is 1620. The number of aromatic nitrogens is 2. The Kier molecular flexibility index (Phi) is 9.65. The second kappa shape index (κ2) is 14.0. The third kappa shape index (κ3) is 6.24. The SMILES string of the molecule is COc1cc(C(=O)N2CCC(CCN3CCCN(c4nc5ccccc5n4CCO)CC3)(c3ccccc3)C2)cc(OC)c1OC. The first-order valence-corrected chi connectivity index (χ1v) is 16.2. The monoisotopic (exact) mass is 627 g/mol. The van der Waals surface area contributed by atoms with E-state index in [0.29, 0.717) is 42.4 Å². The highest BCUT2D eigenvalue weighted by molar-refractivity contribution is 5.96. The Balaban J connectivity index is 1.17. The van der Waals surface area contributed by atoms with Gasteiger partial charge in [0, 0.05) is 50.2 Å². The number of anilines is 1. The molecule has 10 nitrogen and oxygen atoms in total. The van der Waals surface area contributed by atoms with Crippen molar-refractivity contribution in [2.45, 2.75) is 31.2 Å². The van der Waals surface area contributed by atoms with Crippen LogP contribution in [-0.4, -0.2) is 104 Å². The number of rotatable bonds is 11. The maximum absolute atomic E-state index is 13.9. The van der Waals surface area contributed by atoms with Gasteiger partial charge in [-0.1, -0.05) is 42.5 Å². The number of fused-ring (bicyclic) bond motifs is 1. The molecule has 10 heteroatoms. The summed E-state index contributed by atoms with van der Waals surface area (Å²) in [7, 11) is 4.69. The Morgan fingerprint density at radius 2 is 1.61 bits per heavy atom. The highest BCUT2D eigenvalue weighted by atomic mass is 16.5. The molecular formula is C36H45N5O5. The van der Waals surface area contributed by atoms with Gasteiger partial charge in [0.1, 0.15) is 0 Å². The van der Waals surface area contributed by atoms with Crippen LogP contribution in [0, 0.1) is 0 Å². The highest BCUT2D eigenvalue weighted by Gasteiger charge is 2.42. The van der Waals surface area contributed by atoms with Gasteiger partial charge in [-0.3, -0.25) is 4.79 Å². The molecule has 46 heavy (non-hydrogen) atoms.